The van der Waals surface area contributed by atoms with Crippen LogP contribution >= 0.6 is 0 Å². The Balaban J connectivity index is 1.65. The van der Waals surface area contributed by atoms with E-state index in [1.807, 2.05) is 18.2 Å². The molecular formula is C18H22N2O2. The first-order valence-electron chi connectivity index (χ1n) is 7.97. The lowest BCUT2D eigenvalue weighted by molar-refractivity contribution is -0.122. The van der Waals surface area contributed by atoms with E-state index in [0.717, 1.165) is 24.8 Å². The van der Waals surface area contributed by atoms with Crippen molar-refractivity contribution < 1.29 is 9.59 Å². The van der Waals surface area contributed by atoms with Gasteiger partial charge in [0.1, 0.15) is 6.54 Å². The predicted molar refractivity (Wildman–Crippen MR) is 86.1 cm³/mol. The summed E-state index contributed by atoms with van der Waals surface area (Å²) in [6.45, 7) is 6.20. The van der Waals surface area contributed by atoms with Crippen molar-refractivity contribution >= 4 is 17.5 Å². The molecule has 1 N–H and O–H groups in total. The molecule has 2 unspecified atom stereocenters. The molecule has 1 aromatic rings. The van der Waals surface area contributed by atoms with Crippen molar-refractivity contribution in [2.24, 2.45) is 5.92 Å². The zero-order valence-corrected chi connectivity index (χ0v) is 13.0. The normalized spacial score (nSPS) is 24.3. The van der Waals surface area contributed by atoms with Gasteiger partial charge in [-0.15, -0.1) is 0 Å². The summed E-state index contributed by atoms with van der Waals surface area (Å²) in [7, 11) is 0. The largest absolute Gasteiger partial charge is 0.352 e. The fraction of sp³-hybridized carbons (Fsp3) is 0.444. The minimum Gasteiger partial charge on any atom is -0.352 e. The molecule has 0 saturated heterocycles. The van der Waals surface area contributed by atoms with E-state index < -0.39 is 0 Å². The summed E-state index contributed by atoms with van der Waals surface area (Å²) in [5.41, 5.74) is 2.07. The molecule has 1 aromatic carbocycles. The summed E-state index contributed by atoms with van der Waals surface area (Å²) >= 11 is 0. The van der Waals surface area contributed by atoms with Crippen molar-refractivity contribution in [1.82, 2.24) is 10.2 Å². The minimum atomic E-state index is -0.132. The lowest BCUT2D eigenvalue weighted by Gasteiger charge is -2.30. The minimum absolute atomic E-state index is 0.0512. The van der Waals surface area contributed by atoms with E-state index in [9.17, 15) is 9.59 Å². The van der Waals surface area contributed by atoms with Crippen LogP contribution in [0.3, 0.4) is 0 Å². The van der Waals surface area contributed by atoms with E-state index in [1.165, 1.54) is 11.3 Å². The highest BCUT2D eigenvalue weighted by Gasteiger charge is 2.32. The third-order valence-corrected chi connectivity index (χ3v) is 4.80. The van der Waals surface area contributed by atoms with Crippen molar-refractivity contribution in [3.05, 3.63) is 42.0 Å². The molecule has 0 spiro atoms. The van der Waals surface area contributed by atoms with Crippen LogP contribution in [0.1, 0.15) is 48.5 Å². The van der Waals surface area contributed by atoms with Gasteiger partial charge < -0.3 is 5.32 Å². The zero-order chi connectivity index (χ0) is 15.7. The van der Waals surface area contributed by atoms with Crippen LogP contribution in [0.5, 0.6) is 0 Å². The third-order valence-electron chi connectivity index (χ3n) is 4.80. The maximum absolute atomic E-state index is 12.4. The molecule has 1 aliphatic carbocycles. The highest BCUT2D eigenvalue weighted by molar-refractivity contribution is 6.10. The Morgan fingerprint density at radius 2 is 1.95 bits per heavy atom. The van der Waals surface area contributed by atoms with Gasteiger partial charge >= 0.3 is 0 Å². The number of hydrogen-bond donors (Lipinski definition) is 1. The van der Waals surface area contributed by atoms with Gasteiger partial charge in [-0.1, -0.05) is 44.5 Å². The highest BCUT2D eigenvalue weighted by atomic mass is 16.2. The Kier molecular flexibility index (Phi) is 4.01. The number of nitrogens with one attached hydrogen (secondary N) is 1. The second-order valence-corrected chi connectivity index (χ2v) is 6.32. The molecular weight excluding hydrogens is 276 g/mol. The number of rotatable bonds is 3. The van der Waals surface area contributed by atoms with Crippen LogP contribution < -0.4 is 5.32 Å². The zero-order valence-electron chi connectivity index (χ0n) is 13.0. The van der Waals surface area contributed by atoms with Gasteiger partial charge in [-0.3, -0.25) is 14.5 Å². The lowest BCUT2D eigenvalue weighted by Crippen LogP contribution is -2.45. The van der Waals surface area contributed by atoms with Crippen LogP contribution in [-0.4, -0.2) is 29.3 Å². The average Bonchev–Trinajstić information content (AvgIpc) is 2.75. The van der Waals surface area contributed by atoms with E-state index in [2.05, 4.69) is 18.8 Å². The van der Waals surface area contributed by atoms with E-state index >= 15 is 0 Å². The maximum Gasteiger partial charge on any atom is 0.259 e. The number of carbonyl (C=O) groups excluding carboxylic acids is 2. The van der Waals surface area contributed by atoms with Gasteiger partial charge in [-0.25, -0.2) is 0 Å². The summed E-state index contributed by atoms with van der Waals surface area (Å²) in [4.78, 5) is 26.2. The SMILES string of the molecule is C=C1c2ccccc2C(=O)N1CC(=O)NC1CCCCC1C. The van der Waals surface area contributed by atoms with E-state index in [4.69, 9.17) is 0 Å². The molecule has 4 nitrogen and oxygen atoms in total. The molecule has 0 bridgehead atoms. The van der Waals surface area contributed by atoms with Crippen molar-refractivity contribution in [3.8, 4) is 0 Å². The lowest BCUT2D eigenvalue weighted by atomic mass is 9.86. The Morgan fingerprint density at radius 1 is 1.27 bits per heavy atom. The van der Waals surface area contributed by atoms with Gasteiger partial charge in [-0.05, 0) is 24.8 Å². The van der Waals surface area contributed by atoms with Crippen LogP contribution in [0.15, 0.2) is 30.8 Å². The Hall–Kier alpha value is -2.10. The third kappa shape index (κ3) is 2.65. The molecule has 1 saturated carbocycles. The van der Waals surface area contributed by atoms with E-state index in [0.29, 0.717) is 17.2 Å². The van der Waals surface area contributed by atoms with Gasteiger partial charge in [0.05, 0.1) is 0 Å². The van der Waals surface area contributed by atoms with Crippen molar-refractivity contribution in [2.45, 2.75) is 38.6 Å². The predicted octanol–water partition coefficient (Wildman–Crippen LogP) is 2.81. The molecule has 116 valence electrons. The summed E-state index contributed by atoms with van der Waals surface area (Å²) in [5.74, 6) is 0.279. The van der Waals surface area contributed by atoms with Crippen molar-refractivity contribution in [1.29, 1.82) is 0 Å². The molecule has 0 radical (unpaired) electrons. The van der Waals surface area contributed by atoms with Crippen LogP contribution in [0.25, 0.3) is 5.70 Å². The monoisotopic (exact) mass is 298 g/mol. The molecule has 1 heterocycles. The number of carbonyl (C=O) groups is 2. The van der Waals surface area contributed by atoms with E-state index in [-0.39, 0.29) is 24.4 Å². The molecule has 1 fully saturated rings. The molecule has 2 aliphatic rings. The number of nitrogens with zero attached hydrogens (tertiary/aromatic N) is 1. The number of benzene rings is 1. The standard InChI is InChI=1S/C18H22N2O2/c1-12-7-3-6-10-16(12)19-17(21)11-20-13(2)14-8-4-5-9-15(14)18(20)22/h4-5,8-9,12,16H,2-3,6-7,10-11H2,1H3,(H,19,21). The first-order valence-corrected chi connectivity index (χ1v) is 7.97. The second kappa shape index (κ2) is 5.95. The first-order chi connectivity index (χ1) is 10.6. The van der Waals surface area contributed by atoms with Gasteiger partial charge in [-0.2, -0.15) is 0 Å². The fourth-order valence-electron chi connectivity index (χ4n) is 3.43. The summed E-state index contributed by atoms with van der Waals surface area (Å²) in [6.07, 6.45) is 4.59. The van der Waals surface area contributed by atoms with Crippen molar-refractivity contribution in [2.75, 3.05) is 6.54 Å². The summed E-state index contributed by atoms with van der Waals surface area (Å²) < 4.78 is 0. The highest BCUT2D eigenvalue weighted by Crippen LogP contribution is 2.31. The molecule has 2 atom stereocenters. The maximum atomic E-state index is 12.4. The molecule has 0 aromatic heterocycles. The smallest absolute Gasteiger partial charge is 0.259 e. The summed E-state index contributed by atoms with van der Waals surface area (Å²) in [5, 5.41) is 3.09. The van der Waals surface area contributed by atoms with Crippen LogP contribution in [-0.2, 0) is 4.79 Å². The summed E-state index contributed by atoms with van der Waals surface area (Å²) in [6, 6.07) is 7.59. The molecule has 1 aliphatic heterocycles. The van der Waals surface area contributed by atoms with Crippen LogP contribution in [0, 0.1) is 5.92 Å². The van der Waals surface area contributed by atoms with Gasteiger partial charge in [0.25, 0.3) is 5.91 Å². The molecule has 3 rings (SSSR count). The van der Waals surface area contributed by atoms with Crippen LogP contribution in [0.4, 0.5) is 0 Å². The molecule has 2 amide bonds. The van der Waals surface area contributed by atoms with E-state index in [1.54, 1.807) is 6.07 Å². The molecule has 4 heteroatoms. The number of amides is 2. The van der Waals surface area contributed by atoms with Crippen molar-refractivity contribution in [3.63, 3.8) is 0 Å². The Morgan fingerprint density at radius 3 is 2.64 bits per heavy atom. The second-order valence-electron chi connectivity index (χ2n) is 6.32. The Labute approximate surface area is 131 Å². The number of hydrogen-bond acceptors (Lipinski definition) is 2. The quantitative estimate of drug-likeness (QED) is 0.933. The number of fused-ring (bicyclic) bond motifs is 1. The van der Waals surface area contributed by atoms with Crippen LogP contribution in [0.2, 0.25) is 0 Å². The average molecular weight is 298 g/mol. The van der Waals surface area contributed by atoms with Gasteiger partial charge in [0.15, 0.2) is 0 Å². The van der Waals surface area contributed by atoms with Gasteiger partial charge in [0.2, 0.25) is 5.91 Å². The topological polar surface area (TPSA) is 49.4 Å². The Bertz CT molecular complexity index is 588. The first kappa shape index (κ1) is 14.8. The van der Waals surface area contributed by atoms with Gasteiger partial charge in [0, 0.05) is 22.9 Å². The fourth-order valence-corrected chi connectivity index (χ4v) is 3.43. The molecule has 22 heavy (non-hydrogen) atoms.